The maximum Gasteiger partial charge on any atom is 0.216 e. The van der Waals surface area contributed by atoms with E-state index in [1.54, 1.807) is 6.20 Å². The van der Waals surface area contributed by atoms with Crippen LogP contribution < -0.4 is 4.72 Å². The molecule has 0 aromatic carbocycles. The predicted octanol–water partition coefficient (Wildman–Crippen LogP) is -1.42. The summed E-state index contributed by atoms with van der Waals surface area (Å²) in [5.41, 5.74) is 0. The molecule has 0 aliphatic carbocycles. The largest absolute Gasteiger partial charge is 0.395 e. The molecule has 0 saturated heterocycles. The summed E-state index contributed by atoms with van der Waals surface area (Å²) < 4.78 is 26.6. The van der Waals surface area contributed by atoms with Crippen molar-refractivity contribution in [3.63, 3.8) is 0 Å². The lowest BCUT2D eigenvalue weighted by Crippen LogP contribution is -2.36. The van der Waals surface area contributed by atoms with Gasteiger partial charge in [-0.3, -0.25) is 4.68 Å². The number of hydrogen-bond donors (Lipinski definition) is 2. The molecule has 1 aromatic heterocycles. The number of aromatic nitrogens is 3. The minimum absolute atomic E-state index is 0.232. The third kappa shape index (κ3) is 3.57. The van der Waals surface area contributed by atoms with Crippen molar-refractivity contribution in [1.82, 2.24) is 19.7 Å². The minimum Gasteiger partial charge on any atom is -0.395 e. The van der Waals surface area contributed by atoms with Gasteiger partial charge in [0.05, 0.1) is 24.6 Å². The summed E-state index contributed by atoms with van der Waals surface area (Å²) in [4.78, 5) is 0. The Morgan fingerprint density at radius 1 is 1.60 bits per heavy atom. The summed E-state index contributed by atoms with van der Waals surface area (Å²) in [5, 5.41) is 15.2. The molecule has 1 atom stereocenters. The zero-order valence-corrected chi connectivity index (χ0v) is 9.18. The van der Waals surface area contributed by atoms with Crippen LogP contribution >= 0.6 is 0 Å². The van der Waals surface area contributed by atoms with Gasteiger partial charge >= 0.3 is 0 Å². The average molecular weight is 234 g/mol. The molecule has 0 amide bonds. The first-order chi connectivity index (χ1) is 7.06. The van der Waals surface area contributed by atoms with E-state index in [0.29, 0.717) is 6.54 Å². The summed E-state index contributed by atoms with van der Waals surface area (Å²) in [5.74, 6) is 0. The van der Waals surface area contributed by atoms with Crippen LogP contribution in [-0.4, -0.2) is 46.9 Å². The fourth-order valence-electron chi connectivity index (χ4n) is 0.895. The van der Waals surface area contributed by atoms with Crippen molar-refractivity contribution in [1.29, 1.82) is 0 Å². The Hall–Kier alpha value is -0.990. The van der Waals surface area contributed by atoms with Crippen molar-refractivity contribution in [3.8, 4) is 0 Å². The third-order valence-corrected chi connectivity index (χ3v) is 3.72. The third-order valence-electron chi connectivity index (χ3n) is 1.90. The maximum absolute atomic E-state index is 11.4. The van der Waals surface area contributed by atoms with Gasteiger partial charge in [0, 0.05) is 12.7 Å². The minimum atomic E-state index is -3.43. The van der Waals surface area contributed by atoms with Crippen LogP contribution in [0.4, 0.5) is 0 Å². The van der Waals surface area contributed by atoms with E-state index in [1.807, 2.05) is 0 Å². The lowest BCUT2D eigenvalue weighted by Gasteiger charge is -2.10. The molecule has 2 N–H and O–H groups in total. The molecule has 0 spiro atoms. The Labute approximate surface area is 88.2 Å². The second-order valence-corrected chi connectivity index (χ2v) is 5.28. The highest BCUT2D eigenvalue weighted by Crippen LogP contribution is 1.95. The number of hydrogen-bond acceptors (Lipinski definition) is 5. The number of aliphatic hydroxyl groups excluding tert-OH is 1. The van der Waals surface area contributed by atoms with E-state index >= 15 is 0 Å². The highest BCUT2D eigenvalue weighted by Gasteiger charge is 2.18. The molecule has 7 nitrogen and oxygen atoms in total. The smallest absolute Gasteiger partial charge is 0.216 e. The van der Waals surface area contributed by atoms with Crippen LogP contribution in [0.25, 0.3) is 0 Å². The lowest BCUT2D eigenvalue weighted by molar-refractivity contribution is 0.294. The number of nitrogens with one attached hydrogen (secondary N) is 1. The maximum atomic E-state index is 11.4. The van der Waals surface area contributed by atoms with Crippen LogP contribution in [0, 0.1) is 0 Å². The van der Waals surface area contributed by atoms with Crippen molar-refractivity contribution in [2.45, 2.75) is 18.7 Å². The molecule has 0 bridgehead atoms. The van der Waals surface area contributed by atoms with Crippen molar-refractivity contribution < 1.29 is 13.5 Å². The molecule has 8 heteroatoms. The van der Waals surface area contributed by atoms with Gasteiger partial charge < -0.3 is 5.11 Å². The van der Waals surface area contributed by atoms with E-state index in [-0.39, 0.29) is 6.54 Å². The highest BCUT2D eigenvalue weighted by molar-refractivity contribution is 7.90. The first-order valence-electron chi connectivity index (χ1n) is 4.49. The van der Waals surface area contributed by atoms with Crippen molar-refractivity contribution in [2.75, 3.05) is 13.2 Å². The lowest BCUT2D eigenvalue weighted by atomic mass is 10.5. The monoisotopic (exact) mass is 234 g/mol. The fourth-order valence-corrected chi connectivity index (χ4v) is 1.75. The average Bonchev–Trinajstić information content (AvgIpc) is 2.69. The molecule has 0 fully saturated rings. The van der Waals surface area contributed by atoms with E-state index in [0.717, 1.165) is 0 Å². The highest BCUT2D eigenvalue weighted by atomic mass is 32.2. The van der Waals surface area contributed by atoms with Gasteiger partial charge in [-0.15, -0.1) is 5.10 Å². The molecule has 1 aromatic rings. The molecule has 0 aliphatic heterocycles. The van der Waals surface area contributed by atoms with Crippen molar-refractivity contribution in [3.05, 3.63) is 12.4 Å². The zero-order valence-electron chi connectivity index (χ0n) is 8.37. The van der Waals surface area contributed by atoms with E-state index in [4.69, 9.17) is 5.11 Å². The molecular weight excluding hydrogens is 220 g/mol. The fraction of sp³-hybridized carbons (Fsp3) is 0.714. The topological polar surface area (TPSA) is 97.1 Å². The van der Waals surface area contributed by atoms with Gasteiger partial charge in [0.1, 0.15) is 0 Å². The summed E-state index contributed by atoms with van der Waals surface area (Å²) in [6.45, 7) is 1.70. The predicted molar refractivity (Wildman–Crippen MR) is 53.5 cm³/mol. The summed E-state index contributed by atoms with van der Waals surface area (Å²) in [6, 6.07) is 0. The molecule has 0 saturated carbocycles. The summed E-state index contributed by atoms with van der Waals surface area (Å²) in [6.07, 6.45) is 3.16. The summed E-state index contributed by atoms with van der Waals surface area (Å²) >= 11 is 0. The van der Waals surface area contributed by atoms with E-state index in [2.05, 4.69) is 15.0 Å². The Morgan fingerprint density at radius 3 is 2.87 bits per heavy atom. The summed E-state index contributed by atoms with van der Waals surface area (Å²) in [7, 11) is -3.43. The van der Waals surface area contributed by atoms with Gasteiger partial charge in [0.25, 0.3) is 0 Å². The van der Waals surface area contributed by atoms with Gasteiger partial charge in [0.2, 0.25) is 10.0 Å². The van der Waals surface area contributed by atoms with Crippen LogP contribution in [-0.2, 0) is 16.6 Å². The Morgan fingerprint density at radius 2 is 2.33 bits per heavy atom. The Balaban J connectivity index is 2.37. The van der Waals surface area contributed by atoms with Gasteiger partial charge in [-0.25, -0.2) is 13.1 Å². The van der Waals surface area contributed by atoms with Crippen molar-refractivity contribution in [2.24, 2.45) is 0 Å². The zero-order chi connectivity index (χ0) is 11.3. The van der Waals surface area contributed by atoms with Crippen LogP contribution in [0.5, 0.6) is 0 Å². The standard InChI is InChI=1S/C7H14N4O3S/c1-7(6-12)15(13,14)9-3-5-11-4-2-8-10-11/h2,4,7,9,12H,3,5-6H2,1H3. The van der Waals surface area contributed by atoms with Crippen LogP contribution in [0.15, 0.2) is 12.4 Å². The molecule has 0 aliphatic rings. The Bertz CT molecular complexity index is 375. The SMILES string of the molecule is CC(CO)S(=O)(=O)NCCn1ccnn1. The van der Waals surface area contributed by atoms with Gasteiger partial charge in [0.15, 0.2) is 0 Å². The first kappa shape index (κ1) is 12.1. The van der Waals surface area contributed by atoms with Gasteiger partial charge in [-0.05, 0) is 6.92 Å². The van der Waals surface area contributed by atoms with Crippen LogP contribution in [0.2, 0.25) is 0 Å². The van der Waals surface area contributed by atoms with Gasteiger partial charge in [-0.1, -0.05) is 5.21 Å². The van der Waals surface area contributed by atoms with Crippen LogP contribution in [0.1, 0.15) is 6.92 Å². The molecule has 15 heavy (non-hydrogen) atoms. The van der Waals surface area contributed by atoms with E-state index < -0.39 is 21.9 Å². The molecule has 1 heterocycles. The van der Waals surface area contributed by atoms with Gasteiger partial charge in [-0.2, -0.15) is 0 Å². The molecule has 1 rings (SSSR count). The van der Waals surface area contributed by atoms with Crippen molar-refractivity contribution >= 4 is 10.0 Å². The molecule has 1 unspecified atom stereocenters. The Kier molecular flexibility index (Phi) is 4.18. The number of sulfonamides is 1. The molecule has 86 valence electrons. The first-order valence-corrected chi connectivity index (χ1v) is 6.04. The van der Waals surface area contributed by atoms with Crippen LogP contribution in [0.3, 0.4) is 0 Å². The number of aliphatic hydroxyl groups is 1. The number of nitrogens with zero attached hydrogens (tertiary/aromatic N) is 3. The van der Waals surface area contributed by atoms with E-state index in [1.165, 1.54) is 17.8 Å². The molecular formula is C7H14N4O3S. The quantitative estimate of drug-likeness (QED) is 0.629. The second-order valence-electron chi connectivity index (χ2n) is 3.10. The number of rotatable bonds is 6. The normalized spacial score (nSPS) is 14.0. The molecule has 0 radical (unpaired) electrons. The second kappa shape index (κ2) is 5.19. The van der Waals surface area contributed by atoms with E-state index in [9.17, 15) is 8.42 Å².